The van der Waals surface area contributed by atoms with Crippen LogP contribution in [0, 0.1) is 0 Å². The zero-order chi connectivity index (χ0) is 20.4. The molecule has 0 bridgehead atoms. The van der Waals surface area contributed by atoms with Gasteiger partial charge in [-0.15, -0.1) is 0 Å². The van der Waals surface area contributed by atoms with Gasteiger partial charge in [0.25, 0.3) is 15.9 Å². The topological polar surface area (TPSA) is 87.6 Å². The summed E-state index contributed by atoms with van der Waals surface area (Å²) >= 11 is 0. The Morgan fingerprint density at radius 3 is 2.18 bits per heavy atom. The van der Waals surface area contributed by atoms with Gasteiger partial charge in [-0.2, -0.15) is 0 Å². The summed E-state index contributed by atoms with van der Waals surface area (Å²) in [6, 6.07) is 13.6. The van der Waals surface area contributed by atoms with Gasteiger partial charge in [0.15, 0.2) is 0 Å². The van der Waals surface area contributed by atoms with Crippen molar-refractivity contribution in [3.8, 4) is 0 Å². The van der Waals surface area contributed by atoms with Gasteiger partial charge in [-0.1, -0.05) is 32.9 Å². The van der Waals surface area contributed by atoms with Gasteiger partial charge in [0, 0.05) is 24.2 Å². The van der Waals surface area contributed by atoms with E-state index in [1.807, 2.05) is 12.1 Å². The van der Waals surface area contributed by atoms with Crippen LogP contribution in [0.15, 0.2) is 58.4 Å². The summed E-state index contributed by atoms with van der Waals surface area (Å²) in [5.74, 6) is 0.255. The fourth-order valence-corrected chi connectivity index (χ4v) is 3.97. The number of hydrogen-bond acceptors (Lipinski definition) is 4. The molecule has 1 aliphatic rings. The van der Waals surface area contributed by atoms with Crippen molar-refractivity contribution >= 4 is 27.5 Å². The van der Waals surface area contributed by atoms with Crippen molar-refractivity contribution in [2.75, 3.05) is 11.9 Å². The summed E-state index contributed by atoms with van der Waals surface area (Å²) in [5.41, 5.74) is 2.25. The Morgan fingerprint density at radius 1 is 1.00 bits per heavy atom. The van der Waals surface area contributed by atoms with Crippen LogP contribution in [0.4, 0.5) is 5.69 Å². The monoisotopic (exact) mass is 399 g/mol. The van der Waals surface area contributed by atoms with E-state index < -0.39 is 10.0 Å². The first-order valence-electron chi connectivity index (χ1n) is 9.23. The number of amides is 1. The van der Waals surface area contributed by atoms with E-state index in [-0.39, 0.29) is 16.2 Å². The molecular weight excluding hydrogens is 374 g/mol. The minimum atomic E-state index is -3.65. The summed E-state index contributed by atoms with van der Waals surface area (Å²) in [7, 11) is -3.65. The third kappa shape index (κ3) is 4.78. The number of nitrogens with zero attached hydrogens (tertiary/aromatic N) is 1. The van der Waals surface area contributed by atoms with Crippen LogP contribution in [0.25, 0.3) is 0 Å². The van der Waals surface area contributed by atoms with Gasteiger partial charge in [0.1, 0.15) is 5.84 Å². The molecule has 2 aromatic rings. The molecule has 6 nitrogen and oxygen atoms in total. The minimum absolute atomic E-state index is 0.0222. The summed E-state index contributed by atoms with van der Waals surface area (Å²) < 4.78 is 27.3. The fourth-order valence-electron chi connectivity index (χ4n) is 2.88. The van der Waals surface area contributed by atoms with Crippen LogP contribution in [-0.2, 0) is 15.4 Å². The molecule has 0 atom stereocenters. The highest BCUT2D eigenvalue weighted by Crippen LogP contribution is 2.22. The van der Waals surface area contributed by atoms with Crippen molar-refractivity contribution in [2.45, 2.75) is 43.9 Å². The van der Waals surface area contributed by atoms with Crippen LogP contribution in [0.3, 0.4) is 0 Å². The first kappa shape index (κ1) is 20.1. The second kappa shape index (κ2) is 7.75. The van der Waals surface area contributed by atoms with Crippen LogP contribution in [-0.4, -0.2) is 26.7 Å². The number of carbonyl (C=O) groups excluding carboxylic acids is 1. The first-order valence-corrected chi connectivity index (χ1v) is 10.7. The molecule has 0 unspecified atom stereocenters. The highest BCUT2D eigenvalue weighted by molar-refractivity contribution is 7.90. The molecule has 3 rings (SSSR count). The van der Waals surface area contributed by atoms with Gasteiger partial charge < -0.3 is 5.32 Å². The second-order valence-electron chi connectivity index (χ2n) is 7.84. The van der Waals surface area contributed by atoms with Gasteiger partial charge in [0.05, 0.1) is 4.90 Å². The van der Waals surface area contributed by atoms with E-state index in [4.69, 9.17) is 0 Å². The Morgan fingerprint density at radius 2 is 1.64 bits per heavy atom. The van der Waals surface area contributed by atoms with Gasteiger partial charge in [-0.05, 0) is 53.8 Å². The second-order valence-corrected chi connectivity index (χ2v) is 9.53. The fraction of sp³-hybridized carbons (Fsp3) is 0.333. The number of amidine groups is 1. The number of rotatable bonds is 4. The predicted octanol–water partition coefficient (Wildman–Crippen LogP) is 3.71. The molecule has 0 spiro atoms. The molecule has 7 heteroatoms. The van der Waals surface area contributed by atoms with E-state index in [0.717, 1.165) is 12.0 Å². The normalized spacial score (nSPS) is 14.5. The Labute approximate surface area is 166 Å². The lowest BCUT2D eigenvalue weighted by Crippen LogP contribution is -2.29. The quantitative estimate of drug-likeness (QED) is 0.822. The minimum Gasteiger partial charge on any atom is -0.322 e. The lowest BCUT2D eigenvalue weighted by molar-refractivity contribution is 0.102. The Balaban J connectivity index is 1.67. The molecule has 0 aromatic heterocycles. The van der Waals surface area contributed by atoms with Crippen molar-refractivity contribution in [2.24, 2.45) is 4.99 Å². The maximum Gasteiger partial charge on any atom is 0.262 e. The van der Waals surface area contributed by atoms with E-state index in [1.165, 1.54) is 12.1 Å². The molecule has 0 fully saturated rings. The Kier molecular flexibility index (Phi) is 5.56. The van der Waals surface area contributed by atoms with E-state index >= 15 is 0 Å². The molecule has 0 saturated heterocycles. The van der Waals surface area contributed by atoms with Crippen molar-refractivity contribution < 1.29 is 13.2 Å². The van der Waals surface area contributed by atoms with Crippen LogP contribution in [0.5, 0.6) is 0 Å². The summed E-state index contributed by atoms with van der Waals surface area (Å²) in [6.07, 6.45) is 1.50. The smallest absolute Gasteiger partial charge is 0.262 e. The van der Waals surface area contributed by atoms with Crippen LogP contribution < -0.4 is 10.0 Å². The van der Waals surface area contributed by atoms with E-state index in [2.05, 4.69) is 35.8 Å². The number of anilines is 1. The predicted molar refractivity (Wildman–Crippen MR) is 111 cm³/mol. The molecule has 2 aromatic carbocycles. The average Bonchev–Trinajstić information content (AvgIpc) is 3.14. The standard InChI is InChI=1S/C21H25N3O3S/c1-21(2,3)16-8-6-15(7-9-16)20(25)23-17-10-12-18(13-11-17)28(26,27)24-19-5-4-14-22-19/h6-13H,4-5,14H2,1-3H3,(H,22,24)(H,23,25). The molecule has 0 aliphatic carbocycles. The molecule has 1 heterocycles. The third-order valence-corrected chi connectivity index (χ3v) is 5.96. The number of aliphatic imine (C=N–C) groups is 1. The molecule has 0 saturated carbocycles. The zero-order valence-electron chi connectivity index (χ0n) is 16.3. The van der Waals surface area contributed by atoms with E-state index in [0.29, 0.717) is 30.1 Å². The lowest BCUT2D eigenvalue weighted by atomic mass is 9.87. The van der Waals surface area contributed by atoms with Crippen LogP contribution >= 0.6 is 0 Å². The number of carbonyl (C=O) groups is 1. The average molecular weight is 400 g/mol. The first-order chi connectivity index (χ1) is 13.1. The molecule has 1 amide bonds. The molecule has 148 valence electrons. The lowest BCUT2D eigenvalue weighted by Gasteiger charge is -2.19. The Bertz CT molecular complexity index is 987. The third-order valence-electron chi connectivity index (χ3n) is 4.56. The molecule has 28 heavy (non-hydrogen) atoms. The van der Waals surface area contributed by atoms with Crippen molar-refractivity contribution in [3.63, 3.8) is 0 Å². The Hall–Kier alpha value is -2.67. The highest BCUT2D eigenvalue weighted by atomic mass is 32.2. The van der Waals surface area contributed by atoms with Crippen molar-refractivity contribution in [1.29, 1.82) is 0 Å². The number of hydrogen-bond donors (Lipinski definition) is 2. The number of benzene rings is 2. The zero-order valence-corrected chi connectivity index (χ0v) is 17.1. The van der Waals surface area contributed by atoms with Crippen LogP contribution in [0.1, 0.15) is 49.5 Å². The van der Waals surface area contributed by atoms with Crippen molar-refractivity contribution in [1.82, 2.24) is 4.72 Å². The number of nitrogens with one attached hydrogen (secondary N) is 2. The summed E-state index contributed by atoms with van der Waals surface area (Å²) in [5, 5.41) is 2.79. The SMILES string of the molecule is CC(C)(C)c1ccc(C(=O)Nc2ccc(S(=O)(=O)NC3=NCCC3)cc2)cc1. The molecule has 0 radical (unpaired) electrons. The van der Waals surface area contributed by atoms with E-state index in [1.54, 1.807) is 24.3 Å². The number of sulfonamides is 1. The maximum atomic E-state index is 12.4. The van der Waals surface area contributed by atoms with Crippen LogP contribution in [0.2, 0.25) is 0 Å². The molecular formula is C21H25N3O3S. The largest absolute Gasteiger partial charge is 0.322 e. The maximum absolute atomic E-state index is 12.4. The molecule has 2 N–H and O–H groups in total. The van der Waals surface area contributed by atoms with Gasteiger partial charge in [-0.25, -0.2) is 8.42 Å². The van der Waals surface area contributed by atoms with Gasteiger partial charge in [0.2, 0.25) is 0 Å². The molecule has 1 aliphatic heterocycles. The van der Waals surface area contributed by atoms with Crippen molar-refractivity contribution in [3.05, 3.63) is 59.7 Å². The summed E-state index contributed by atoms with van der Waals surface area (Å²) in [4.78, 5) is 16.7. The highest BCUT2D eigenvalue weighted by Gasteiger charge is 2.18. The van der Waals surface area contributed by atoms with E-state index in [9.17, 15) is 13.2 Å². The van der Waals surface area contributed by atoms with Gasteiger partial charge in [-0.3, -0.25) is 14.5 Å². The van der Waals surface area contributed by atoms with Gasteiger partial charge >= 0.3 is 0 Å². The summed E-state index contributed by atoms with van der Waals surface area (Å²) in [6.45, 7) is 7.00.